The van der Waals surface area contributed by atoms with E-state index in [4.69, 9.17) is 10.5 Å². The van der Waals surface area contributed by atoms with E-state index in [2.05, 4.69) is 0 Å². The van der Waals surface area contributed by atoms with Gasteiger partial charge in [0.15, 0.2) is 17.5 Å². The maximum Gasteiger partial charge on any atom is 0.195 e. The molecule has 2 rings (SSSR count). The Morgan fingerprint density at radius 2 is 1.79 bits per heavy atom. The van der Waals surface area contributed by atoms with Crippen molar-refractivity contribution in [1.29, 1.82) is 0 Å². The normalized spacial score (nSPS) is 10.6. The highest BCUT2D eigenvalue weighted by Crippen LogP contribution is 2.29. The molecule has 2 aromatic carbocycles. The molecule has 0 radical (unpaired) electrons. The maximum atomic E-state index is 13.7. The van der Waals surface area contributed by atoms with Crippen LogP contribution in [-0.4, -0.2) is 7.11 Å². The third-order valence-electron chi connectivity index (χ3n) is 2.85. The number of halogens is 3. The van der Waals surface area contributed by atoms with Gasteiger partial charge in [-0.15, -0.1) is 0 Å². The molecule has 0 bridgehead atoms. The fraction of sp³-hybridized carbons (Fsp3) is 0.143. The lowest BCUT2D eigenvalue weighted by molar-refractivity contribution is 0.410. The summed E-state index contributed by atoms with van der Waals surface area (Å²) in [6.07, 6.45) is 0. The second kappa shape index (κ2) is 5.32. The van der Waals surface area contributed by atoms with E-state index in [1.807, 2.05) is 0 Å². The van der Waals surface area contributed by atoms with Gasteiger partial charge in [-0.05, 0) is 29.8 Å². The number of hydrogen-bond acceptors (Lipinski definition) is 2. The first-order valence-corrected chi connectivity index (χ1v) is 5.59. The molecule has 0 atom stereocenters. The maximum absolute atomic E-state index is 13.7. The Hall–Kier alpha value is -2.01. The molecule has 0 spiro atoms. The minimum atomic E-state index is -1.48. The van der Waals surface area contributed by atoms with E-state index >= 15 is 0 Å². The van der Waals surface area contributed by atoms with Gasteiger partial charge in [-0.3, -0.25) is 0 Å². The lowest BCUT2D eigenvalue weighted by Gasteiger charge is -2.10. The van der Waals surface area contributed by atoms with Crippen molar-refractivity contribution < 1.29 is 17.9 Å². The summed E-state index contributed by atoms with van der Waals surface area (Å²) in [5.74, 6) is -3.35. The van der Waals surface area contributed by atoms with Crippen molar-refractivity contribution in [2.24, 2.45) is 5.73 Å². The van der Waals surface area contributed by atoms with Gasteiger partial charge in [-0.25, -0.2) is 13.2 Å². The highest BCUT2D eigenvalue weighted by Gasteiger charge is 2.15. The predicted octanol–water partition coefficient (Wildman–Crippen LogP) is 3.24. The summed E-state index contributed by atoms with van der Waals surface area (Å²) in [4.78, 5) is 0. The number of methoxy groups -OCH3 is 1. The predicted molar refractivity (Wildman–Crippen MR) is 66.2 cm³/mol. The molecule has 100 valence electrons. The van der Waals surface area contributed by atoms with Crippen molar-refractivity contribution in [3.05, 3.63) is 53.3 Å². The van der Waals surface area contributed by atoms with E-state index in [9.17, 15) is 13.2 Å². The Morgan fingerprint density at radius 1 is 1.05 bits per heavy atom. The Morgan fingerprint density at radius 3 is 2.42 bits per heavy atom. The van der Waals surface area contributed by atoms with Crippen molar-refractivity contribution in [3.8, 4) is 16.9 Å². The van der Waals surface area contributed by atoms with E-state index < -0.39 is 17.5 Å². The van der Waals surface area contributed by atoms with Crippen LogP contribution in [0.4, 0.5) is 13.2 Å². The Bertz CT molecular complexity index is 614. The minimum absolute atomic E-state index is 0.0174. The van der Waals surface area contributed by atoms with Crippen LogP contribution in [0.15, 0.2) is 30.3 Å². The van der Waals surface area contributed by atoms with Crippen LogP contribution < -0.4 is 10.5 Å². The monoisotopic (exact) mass is 267 g/mol. The molecule has 2 N–H and O–H groups in total. The zero-order valence-electron chi connectivity index (χ0n) is 10.2. The molecule has 2 aromatic rings. The van der Waals surface area contributed by atoms with E-state index in [0.29, 0.717) is 16.9 Å². The van der Waals surface area contributed by atoms with Crippen LogP contribution in [0.2, 0.25) is 0 Å². The van der Waals surface area contributed by atoms with Crippen LogP contribution in [-0.2, 0) is 6.54 Å². The molecule has 0 aliphatic rings. The highest BCUT2D eigenvalue weighted by molar-refractivity contribution is 5.66. The van der Waals surface area contributed by atoms with Crippen molar-refractivity contribution in [3.63, 3.8) is 0 Å². The van der Waals surface area contributed by atoms with Crippen molar-refractivity contribution in [1.82, 2.24) is 0 Å². The largest absolute Gasteiger partial charge is 0.496 e. The fourth-order valence-electron chi connectivity index (χ4n) is 1.85. The number of nitrogens with two attached hydrogens (primary N) is 1. The van der Waals surface area contributed by atoms with Crippen molar-refractivity contribution in [2.45, 2.75) is 6.54 Å². The van der Waals surface area contributed by atoms with Crippen molar-refractivity contribution in [2.75, 3.05) is 7.11 Å². The average Bonchev–Trinajstić information content (AvgIpc) is 2.44. The molecule has 0 heterocycles. The second-order valence-corrected chi connectivity index (χ2v) is 3.95. The standard InChI is InChI=1S/C14H12F3NO/c1-19-12-5-2-8(6-9(12)7-18)10-3-4-11(15)14(17)13(10)16/h2-6H,7,18H2,1H3. The van der Waals surface area contributed by atoms with E-state index in [0.717, 1.165) is 6.07 Å². The molecular weight excluding hydrogens is 255 g/mol. The van der Waals surface area contributed by atoms with Gasteiger partial charge in [-0.1, -0.05) is 6.07 Å². The average molecular weight is 267 g/mol. The second-order valence-electron chi connectivity index (χ2n) is 3.95. The molecule has 2 nitrogen and oxygen atoms in total. The number of benzene rings is 2. The molecule has 0 unspecified atom stereocenters. The summed E-state index contributed by atoms with van der Waals surface area (Å²) in [5.41, 5.74) is 6.61. The topological polar surface area (TPSA) is 35.2 Å². The zero-order chi connectivity index (χ0) is 14.0. The van der Waals surface area contributed by atoms with Crippen LogP contribution >= 0.6 is 0 Å². The third-order valence-corrected chi connectivity index (χ3v) is 2.85. The third kappa shape index (κ3) is 2.42. The quantitative estimate of drug-likeness (QED) is 0.866. The van der Waals surface area contributed by atoms with Crippen LogP contribution in [0.1, 0.15) is 5.56 Å². The summed E-state index contributed by atoms with van der Waals surface area (Å²) < 4.78 is 44.9. The van der Waals surface area contributed by atoms with Gasteiger partial charge in [0.25, 0.3) is 0 Å². The molecule has 0 aromatic heterocycles. The fourth-order valence-corrected chi connectivity index (χ4v) is 1.85. The SMILES string of the molecule is COc1ccc(-c2ccc(F)c(F)c2F)cc1CN. The Balaban J connectivity index is 2.56. The van der Waals surface area contributed by atoms with E-state index in [1.165, 1.54) is 13.2 Å². The summed E-state index contributed by atoms with van der Waals surface area (Å²) in [6.45, 7) is 0.197. The van der Waals surface area contributed by atoms with Gasteiger partial charge >= 0.3 is 0 Å². The molecule has 5 heteroatoms. The van der Waals surface area contributed by atoms with Crippen LogP contribution in [0.25, 0.3) is 11.1 Å². The number of rotatable bonds is 3. The molecule has 19 heavy (non-hydrogen) atoms. The molecule has 0 fully saturated rings. The number of ether oxygens (including phenoxy) is 1. The summed E-state index contributed by atoms with van der Waals surface area (Å²) in [6, 6.07) is 6.84. The first kappa shape index (κ1) is 13.4. The molecule has 0 aliphatic carbocycles. The Labute approximate surface area is 108 Å². The molecule has 0 aliphatic heterocycles. The van der Waals surface area contributed by atoms with Gasteiger partial charge in [0.1, 0.15) is 5.75 Å². The molecule has 0 saturated heterocycles. The lowest BCUT2D eigenvalue weighted by Crippen LogP contribution is -2.01. The highest BCUT2D eigenvalue weighted by atomic mass is 19.2. The molecule has 0 saturated carbocycles. The van der Waals surface area contributed by atoms with E-state index in [1.54, 1.807) is 18.2 Å². The first-order chi connectivity index (χ1) is 9.08. The van der Waals surface area contributed by atoms with Gasteiger partial charge in [0, 0.05) is 17.7 Å². The van der Waals surface area contributed by atoms with Gasteiger partial charge in [0.2, 0.25) is 0 Å². The molecular formula is C14H12F3NO. The first-order valence-electron chi connectivity index (χ1n) is 5.59. The zero-order valence-corrected chi connectivity index (χ0v) is 10.2. The van der Waals surface area contributed by atoms with E-state index in [-0.39, 0.29) is 12.1 Å². The number of hydrogen-bond donors (Lipinski definition) is 1. The minimum Gasteiger partial charge on any atom is -0.496 e. The van der Waals surface area contributed by atoms with Crippen LogP contribution in [0.3, 0.4) is 0 Å². The van der Waals surface area contributed by atoms with Gasteiger partial charge in [-0.2, -0.15) is 0 Å². The summed E-state index contributed by atoms with van der Waals surface area (Å²) in [7, 11) is 1.49. The van der Waals surface area contributed by atoms with Gasteiger partial charge < -0.3 is 10.5 Å². The summed E-state index contributed by atoms with van der Waals surface area (Å²) >= 11 is 0. The van der Waals surface area contributed by atoms with Gasteiger partial charge in [0.05, 0.1) is 7.11 Å². The van der Waals surface area contributed by atoms with Crippen LogP contribution in [0, 0.1) is 17.5 Å². The molecule has 0 amide bonds. The van der Waals surface area contributed by atoms with Crippen molar-refractivity contribution >= 4 is 0 Å². The lowest BCUT2D eigenvalue weighted by atomic mass is 10.0. The van der Waals surface area contributed by atoms with Crippen LogP contribution in [0.5, 0.6) is 5.75 Å². The Kier molecular flexibility index (Phi) is 3.76. The smallest absolute Gasteiger partial charge is 0.195 e. The summed E-state index contributed by atoms with van der Waals surface area (Å²) in [5, 5.41) is 0.